The Bertz CT molecular complexity index is 617. The van der Waals surface area contributed by atoms with Gasteiger partial charge < -0.3 is 9.84 Å². The van der Waals surface area contributed by atoms with Crippen LogP contribution in [0.3, 0.4) is 0 Å². The molecule has 1 aliphatic heterocycles. The lowest BCUT2D eigenvalue weighted by Gasteiger charge is -2.27. The first-order chi connectivity index (χ1) is 8.45. The van der Waals surface area contributed by atoms with Crippen LogP contribution in [0.25, 0.3) is 6.08 Å². The van der Waals surface area contributed by atoms with Crippen molar-refractivity contribution in [2.45, 2.75) is 11.9 Å². The van der Waals surface area contributed by atoms with Gasteiger partial charge in [-0.15, -0.1) is 0 Å². The maximum absolute atomic E-state index is 10.9. The van der Waals surface area contributed by atoms with Crippen LogP contribution in [0, 0.1) is 0 Å². The van der Waals surface area contributed by atoms with Crippen LogP contribution in [0.1, 0.15) is 16.7 Å². The molecular formula is C11H10O6S. The summed E-state index contributed by atoms with van der Waals surface area (Å²) in [5.74, 6) is 0.579. The molecule has 1 atom stereocenters. The zero-order valence-corrected chi connectivity index (χ0v) is 9.92. The number of ether oxygens (including phenoxy) is 1. The topological polar surface area (TPSA) is 101 Å². The fourth-order valence-corrected chi connectivity index (χ4v) is 2.36. The zero-order chi connectivity index (χ0) is 13.3. The second-order valence-corrected chi connectivity index (χ2v) is 5.31. The lowest BCUT2D eigenvalue weighted by Crippen LogP contribution is -2.28. The van der Waals surface area contributed by atoms with Gasteiger partial charge in [0.25, 0.3) is 6.47 Å². The highest BCUT2D eigenvalue weighted by atomic mass is 32.2. The molecule has 2 aliphatic carbocycles. The average molecular weight is 270 g/mol. The van der Waals surface area contributed by atoms with Crippen LogP contribution in [-0.2, 0) is 21.3 Å². The molecule has 2 N–H and O–H groups in total. The van der Waals surface area contributed by atoms with Crippen LogP contribution < -0.4 is 4.74 Å². The van der Waals surface area contributed by atoms with Crippen molar-refractivity contribution in [3.8, 4) is 5.75 Å². The highest BCUT2D eigenvalue weighted by Gasteiger charge is 2.29. The van der Waals surface area contributed by atoms with E-state index in [1.807, 2.05) is 12.1 Å². The Balaban J connectivity index is 0.000000367. The summed E-state index contributed by atoms with van der Waals surface area (Å²) < 4.78 is 35.9. The van der Waals surface area contributed by atoms with Gasteiger partial charge in [-0.3, -0.25) is 9.35 Å². The molecule has 0 saturated heterocycles. The predicted octanol–water partition coefficient (Wildman–Crippen LogP) is 0.911. The molecule has 4 rings (SSSR count). The molecule has 0 spiro atoms. The van der Waals surface area contributed by atoms with Crippen LogP contribution in [0.5, 0.6) is 5.75 Å². The van der Waals surface area contributed by atoms with E-state index in [1.54, 1.807) is 6.08 Å². The summed E-state index contributed by atoms with van der Waals surface area (Å²) in [6.45, 7) is -0.250. The Morgan fingerprint density at radius 2 is 2.00 bits per heavy atom. The van der Waals surface area contributed by atoms with Gasteiger partial charge in [0.05, 0.1) is 0 Å². The largest absolute Gasteiger partial charge is 0.483 e. The number of rotatable bonds is 1. The van der Waals surface area contributed by atoms with Gasteiger partial charge >= 0.3 is 10.1 Å². The van der Waals surface area contributed by atoms with Gasteiger partial charge in [0, 0.05) is 12.0 Å². The molecule has 0 aromatic heterocycles. The van der Waals surface area contributed by atoms with Crippen molar-refractivity contribution >= 4 is 22.7 Å². The van der Waals surface area contributed by atoms with Gasteiger partial charge in [0.2, 0.25) is 5.44 Å². The third kappa shape index (κ3) is 2.22. The Hall–Kier alpha value is -1.86. The molecule has 0 amide bonds. The molecule has 2 bridgehead atoms. The van der Waals surface area contributed by atoms with Crippen molar-refractivity contribution < 1.29 is 27.6 Å². The van der Waals surface area contributed by atoms with Gasteiger partial charge in [-0.2, -0.15) is 8.42 Å². The molecule has 18 heavy (non-hydrogen) atoms. The van der Waals surface area contributed by atoms with E-state index in [9.17, 15) is 8.42 Å². The minimum Gasteiger partial charge on any atom is -0.483 e. The van der Waals surface area contributed by atoms with Gasteiger partial charge in [-0.1, -0.05) is 12.1 Å². The standard InChI is InChI=1S/C10H8O4S.CH2O2/c11-15(12,13)9-2-1-7-3-6-4-8(5-6)10(7)14-9;2-1-3/h1-4,9H,5H2,(H,11,12,13);1H,(H,2,3). The summed E-state index contributed by atoms with van der Waals surface area (Å²) >= 11 is 0. The van der Waals surface area contributed by atoms with Crippen LogP contribution in [0.4, 0.5) is 0 Å². The second-order valence-electron chi connectivity index (χ2n) is 3.82. The summed E-state index contributed by atoms with van der Waals surface area (Å²) in [7, 11) is -4.17. The minimum atomic E-state index is -4.17. The van der Waals surface area contributed by atoms with E-state index in [2.05, 4.69) is 0 Å². The maximum Gasteiger partial charge on any atom is 0.307 e. The van der Waals surface area contributed by atoms with Gasteiger partial charge in [0.15, 0.2) is 0 Å². The number of carbonyl (C=O) groups is 1. The van der Waals surface area contributed by atoms with Crippen molar-refractivity contribution in [3.05, 3.63) is 34.9 Å². The lowest BCUT2D eigenvalue weighted by atomic mass is 9.88. The fraction of sp³-hybridized carbons (Fsp3) is 0.182. The van der Waals surface area contributed by atoms with E-state index in [1.165, 1.54) is 11.6 Å². The summed E-state index contributed by atoms with van der Waals surface area (Å²) in [5.41, 5.74) is 1.84. The molecule has 0 radical (unpaired) electrons. The monoisotopic (exact) mass is 270 g/mol. The van der Waals surface area contributed by atoms with Crippen molar-refractivity contribution in [2.75, 3.05) is 0 Å². The fourth-order valence-electron chi connectivity index (χ4n) is 1.87. The molecule has 0 saturated carbocycles. The highest BCUT2D eigenvalue weighted by Crippen LogP contribution is 2.39. The maximum atomic E-state index is 10.9. The molecule has 1 heterocycles. The summed E-state index contributed by atoms with van der Waals surface area (Å²) in [5, 5.41) is 6.89. The first kappa shape index (κ1) is 12.6. The van der Waals surface area contributed by atoms with Crippen molar-refractivity contribution in [1.29, 1.82) is 0 Å². The third-order valence-corrected chi connectivity index (χ3v) is 3.45. The molecular weight excluding hydrogens is 260 g/mol. The normalized spacial score (nSPS) is 18.6. The van der Waals surface area contributed by atoms with Crippen LogP contribution in [0.15, 0.2) is 18.2 Å². The van der Waals surface area contributed by atoms with Crippen LogP contribution >= 0.6 is 0 Å². The van der Waals surface area contributed by atoms with E-state index < -0.39 is 15.6 Å². The first-order valence-electron chi connectivity index (χ1n) is 5.00. The van der Waals surface area contributed by atoms with E-state index in [4.69, 9.17) is 19.2 Å². The predicted molar refractivity (Wildman–Crippen MR) is 62.9 cm³/mol. The molecule has 96 valence electrons. The Kier molecular flexibility index (Phi) is 3.10. The lowest BCUT2D eigenvalue weighted by molar-refractivity contribution is -0.122. The number of carboxylic acid groups (broad SMARTS) is 1. The molecule has 6 nitrogen and oxygen atoms in total. The third-order valence-electron chi connectivity index (χ3n) is 2.61. The summed E-state index contributed by atoms with van der Waals surface area (Å²) in [4.78, 5) is 8.36. The average Bonchev–Trinajstić information content (AvgIpc) is 2.26. The number of hydrogen-bond acceptors (Lipinski definition) is 4. The van der Waals surface area contributed by atoms with Crippen LogP contribution in [-0.4, -0.2) is 30.0 Å². The number of hydrogen-bond donors (Lipinski definition) is 2. The van der Waals surface area contributed by atoms with Crippen molar-refractivity contribution in [2.24, 2.45) is 0 Å². The minimum absolute atomic E-state index is 0.250. The molecule has 1 aromatic rings. The molecule has 1 unspecified atom stereocenters. The van der Waals surface area contributed by atoms with E-state index in [0.717, 1.165) is 17.5 Å². The van der Waals surface area contributed by atoms with Gasteiger partial charge in [-0.25, -0.2) is 0 Å². The van der Waals surface area contributed by atoms with Gasteiger partial charge in [0.1, 0.15) is 5.75 Å². The Morgan fingerprint density at radius 3 is 2.56 bits per heavy atom. The molecule has 0 fully saturated rings. The highest BCUT2D eigenvalue weighted by molar-refractivity contribution is 7.86. The SMILES string of the molecule is O=CO.O=S(=O)(O)C1C=Cc2cc3cc(c2O1)C3. The van der Waals surface area contributed by atoms with E-state index in [-0.39, 0.29) is 6.47 Å². The first-order valence-corrected chi connectivity index (χ1v) is 6.51. The van der Waals surface area contributed by atoms with Crippen molar-refractivity contribution in [1.82, 2.24) is 0 Å². The summed E-state index contributed by atoms with van der Waals surface area (Å²) in [6.07, 6.45) is 3.84. The number of benzene rings is 1. The van der Waals surface area contributed by atoms with Crippen LogP contribution in [0.2, 0.25) is 0 Å². The Labute approximate surface area is 103 Å². The second kappa shape index (κ2) is 4.43. The zero-order valence-electron chi connectivity index (χ0n) is 9.11. The molecule has 7 heteroatoms. The van der Waals surface area contributed by atoms with Crippen molar-refractivity contribution in [3.63, 3.8) is 0 Å². The Morgan fingerprint density at radius 1 is 1.39 bits per heavy atom. The summed E-state index contributed by atoms with van der Waals surface area (Å²) in [6, 6.07) is 3.91. The van der Waals surface area contributed by atoms with E-state index in [0.29, 0.717) is 5.75 Å². The molecule has 1 aromatic carbocycles. The quantitative estimate of drug-likeness (QED) is 0.590. The smallest absolute Gasteiger partial charge is 0.307 e. The van der Waals surface area contributed by atoms with E-state index >= 15 is 0 Å². The molecule has 3 aliphatic rings. The van der Waals surface area contributed by atoms with Gasteiger partial charge in [-0.05, 0) is 23.3 Å².